The molecule has 1 nitrogen and oxygen atoms in total. The fourth-order valence-corrected chi connectivity index (χ4v) is 3.87. The molecule has 0 aliphatic rings. The van der Waals surface area contributed by atoms with Crippen LogP contribution in [0.15, 0.2) is 12.2 Å². The number of unbranched alkanes of at least 4 members (excludes halogenated alkanes) is 15. The zero-order chi connectivity index (χ0) is 20.1. The molecule has 0 rings (SSSR count). The van der Waals surface area contributed by atoms with Crippen LogP contribution in [-0.4, -0.2) is 31.7 Å². The van der Waals surface area contributed by atoms with Crippen molar-refractivity contribution in [3.63, 3.8) is 0 Å². The zero-order valence-electron chi connectivity index (χ0n) is 20.1. The topological polar surface area (TPSA) is 0 Å². The van der Waals surface area contributed by atoms with E-state index in [-0.39, 0.29) is 24.0 Å². The molecular weight excluding hydrogens is 453 g/mol. The van der Waals surface area contributed by atoms with E-state index in [1.165, 1.54) is 133 Å². The molecule has 28 heavy (non-hydrogen) atoms. The van der Waals surface area contributed by atoms with Gasteiger partial charge in [-0.1, -0.05) is 90.2 Å². The van der Waals surface area contributed by atoms with E-state index in [1.54, 1.807) is 0 Å². The van der Waals surface area contributed by atoms with Crippen molar-refractivity contribution in [2.24, 2.45) is 0 Å². The highest BCUT2D eigenvalue weighted by Gasteiger charge is 2.13. The van der Waals surface area contributed by atoms with Gasteiger partial charge in [0.25, 0.3) is 0 Å². The highest BCUT2D eigenvalue weighted by molar-refractivity contribution is 4.81. The number of nitrogens with zero attached hydrogens (tertiary/aromatic N) is 1. The first kappa shape index (κ1) is 30.6. The minimum atomic E-state index is 0. The molecule has 0 aromatic carbocycles. The van der Waals surface area contributed by atoms with Crippen molar-refractivity contribution in [3.05, 3.63) is 12.2 Å². The second-order valence-electron chi connectivity index (χ2n) is 9.38. The summed E-state index contributed by atoms with van der Waals surface area (Å²) in [5.74, 6) is 0. The van der Waals surface area contributed by atoms with E-state index in [2.05, 4.69) is 40.1 Å². The van der Waals surface area contributed by atoms with Crippen LogP contribution in [0.4, 0.5) is 0 Å². The Morgan fingerprint density at radius 3 is 1.21 bits per heavy atom. The molecule has 0 aliphatic heterocycles. The lowest BCUT2D eigenvalue weighted by Gasteiger charge is -2.30. The Hall–Kier alpha value is 0.430. The summed E-state index contributed by atoms with van der Waals surface area (Å²) in [5, 5.41) is 0. The van der Waals surface area contributed by atoms with E-state index in [4.69, 9.17) is 0 Å². The van der Waals surface area contributed by atoms with Gasteiger partial charge < -0.3 is 28.5 Å². The Morgan fingerprint density at radius 1 is 0.464 bits per heavy atom. The summed E-state index contributed by atoms with van der Waals surface area (Å²) in [7, 11) is 4.84. The van der Waals surface area contributed by atoms with E-state index < -0.39 is 0 Å². The molecule has 0 aliphatic carbocycles. The van der Waals surface area contributed by atoms with Gasteiger partial charge in [0.05, 0.1) is 27.2 Å². The lowest BCUT2D eigenvalue weighted by Crippen LogP contribution is -3.00. The van der Waals surface area contributed by atoms with Crippen LogP contribution in [0, 0.1) is 0 Å². The Labute approximate surface area is 196 Å². The van der Waals surface area contributed by atoms with E-state index in [1.807, 2.05) is 0 Å². The maximum Gasteiger partial charge on any atom is 0.0782 e. The molecule has 0 fully saturated rings. The van der Waals surface area contributed by atoms with E-state index in [9.17, 15) is 0 Å². The predicted molar refractivity (Wildman–Crippen MR) is 125 cm³/mol. The predicted octanol–water partition coefficient (Wildman–Crippen LogP) is 5.68. The molecule has 0 atom stereocenters. The SMILES string of the molecule is CCCCCCCC/C=C\CCCCCCCC[N+](C)(C)CCCCCC.[I-]. The third-order valence-electron chi connectivity index (χ3n) is 5.89. The monoisotopic (exact) mass is 507 g/mol. The molecule has 0 unspecified atom stereocenters. The number of halogens is 1. The minimum absolute atomic E-state index is 0. The fraction of sp³-hybridized carbons (Fsp3) is 0.923. The van der Waals surface area contributed by atoms with Gasteiger partial charge in [-0.2, -0.15) is 0 Å². The Balaban J connectivity index is 0. The third kappa shape index (κ3) is 24.5. The summed E-state index contributed by atoms with van der Waals surface area (Å²) in [5.41, 5.74) is 0. The molecular formula is C26H54IN. The van der Waals surface area contributed by atoms with Crippen molar-refractivity contribution in [3.8, 4) is 0 Å². The first-order valence-electron chi connectivity index (χ1n) is 12.6. The van der Waals surface area contributed by atoms with Gasteiger partial charge in [-0.05, 0) is 51.4 Å². The zero-order valence-corrected chi connectivity index (χ0v) is 22.3. The van der Waals surface area contributed by atoms with Gasteiger partial charge in [-0.15, -0.1) is 0 Å². The molecule has 0 saturated carbocycles. The van der Waals surface area contributed by atoms with Gasteiger partial charge >= 0.3 is 0 Å². The number of hydrogen-bond donors (Lipinski definition) is 0. The van der Waals surface area contributed by atoms with Crippen molar-refractivity contribution in [1.82, 2.24) is 0 Å². The maximum atomic E-state index is 2.44. The molecule has 0 heterocycles. The Bertz CT molecular complexity index is 312. The summed E-state index contributed by atoms with van der Waals surface area (Å²) in [6.45, 7) is 7.32. The lowest BCUT2D eigenvalue weighted by atomic mass is 10.1. The number of quaternary nitrogens is 1. The molecule has 2 heteroatoms. The maximum absolute atomic E-state index is 2.44. The average molecular weight is 508 g/mol. The summed E-state index contributed by atoms with van der Waals surface area (Å²) >= 11 is 0. The van der Waals surface area contributed by atoms with Crippen molar-refractivity contribution < 1.29 is 28.5 Å². The molecule has 0 aromatic rings. The largest absolute Gasteiger partial charge is 1.00 e. The number of rotatable bonds is 21. The van der Waals surface area contributed by atoms with Crippen molar-refractivity contribution >= 4 is 0 Å². The van der Waals surface area contributed by atoms with Crippen molar-refractivity contribution in [1.29, 1.82) is 0 Å². The number of hydrogen-bond acceptors (Lipinski definition) is 0. The highest BCUT2D eigenvalue weighted by Crippen LogP contribution is 2.12. The highest BCUT2D eigenvalue weighted by atomic mass is 127. The first-order chi connectivity index (χ1) is 13.1. The van der Waals surface area contributed by atoms with Gasteiger partial charge in [0.15, 0.2) is 0 Å². The summed E-state index contributed by atoms with van der Waals surface area (Å²) in [6.07, 6.45) is 30.1. The van der Waals surface area contributed by atoms with Crippen LogP contribution in [0.2, 0.25) is 0 Å². The van der Waals surface area contributed by atoms with Crippen LogP contribution in [-0.2, 0) is 0 Å². The molecule has 170 valence electrons. The Kier molecular flexibility index (Phi) is 25.9. The molecule has 0 spiro atoms. The van der Waals surface area contributed by atoms with Crippen molar-refractivity contribution in [2.75, 3.05) is 27.2 Å². The molecule has 0 amide bonds. The van der Waals surface area contributed by atoms with Gasteiger partial charge in [-0.25, -0.2) is 0 Å². The molecule has 0 N–H and O–H groups in total. The van der Waals surface area contributed by atoms with Crippen LogP contribution in [0.25, 0.3) is 0 Å². The lowest BCUT2D eigenvalue weighted by molar-refractivity contribution is -0.890. The van der Waals surface area contributed by atoms with Crippen LogP contribution < -0.4 is 24.0 Å². The molecule has 0 saturated heterocycles. The van der Waals surface area contributed by atoms with Crippen LogP contribution in [0.1, 0.15) is 129 Å². The molecule has 0 bridgehead atoms. The van der Waals surface area contributed by atoms with E-state index in [0.717, 1.165) is 0 Å². The van der Waals surface area contributed by atoms with Crippen molar-refractivity contribution in [2.45, 2.75) is 129 Å². The first-order valence-corrected chi connectivity index (χ1v) is 12.6. The second-order valence-corrected chi connectivity index (χ2v) is 9.38. The smallest absolute Gasteiger partial charge is 0.0782 e. The average Bonchev–Trinajstić information content (AvgIpc) is 2.65. The summed E-state index contributed by atoms with van der Waals surface area (Å²) < 4.78 is 1.23. The van der Waals surface area contributed by atoms with Crippen LogP contribution >= 0.6 is 0 Å². The van der Waals surface area contributed by atoms with Crippen LogP contribution in [0.5, 0.6) is 0 Å². The minimum Gasteiger partial charge on any atom is -1.00 e. The molecule has 0 radical (unpaired) electrons. The van der Waals surface area contributed by atoms with Gasteiger partial charge in [0.2, 0.25) is 0 Å². The van der Waals surface area contributed by atoms with Gasteiger partial charge in [0, 0.05) is 0 Å². The Morgan fingerprint density at radius 2 is 0.786 bits per heavy atom. The summed E-state index contributed by atoms with van der Waals surface area (Å²) in [4.78, 5) is 0. The quantitative estimate of drug-likeness (QED) is 0.0811. The van der Waals surface area contributed by atoms with Gasteiger partial charge in [0.1, 0.15) is 0 Å². The third-order valence-corrected chi connectivity index (χ3v) is 5.89. The van der Waals surface area contributed by atoms with E-state index >= 15 is 0 Å². The number of allylic oxidation sites excluding steroid dienone is 2. The van der Waals surface area contributed by atoms with E-state index in [0.29, 0.717) is 0 Å². The van der Waals surface area contributed by atoms with Gasteiger partial charge in [-0.3, -0.25) is 0 Å². The van der Waals surface area contributed by atoms with Crippen LogP contribution in [0.3, 0.4) is 0 Å². The molecule has 0 aromatic heterocycles. The second kappa shape index (κ2) is 23.7. The normalized spacial score (nSPS) is 11.9. The fourth-order valence-electron chi connectivity index (χ4n) is 3.87. The summed E-state index contributed by atoms with van der Waals surface area (Å²) in [6, 6.07) is 0. The standard InChI is InChI=1S/C26H54N.HI/c1-5-7-9-11-12-13-14-15-16-17-18-19-20-21-22-24-26-27(3,4)25-23-10-8-6-2;/h15-16H,5-14,17-26H2,1-4H3;1H/q+1;/p-1/b16-15-;.